The van der Waals surface area contributed by atoms with E-state index in [1.54, 1.807) is 13.8 Å². The van der Waals surface area contributed by atoms with Crippen LogP contribution < -0.4 is 5.32 Å². The molecular formula is C15H18ClF3N2O3. The molecule has 1 rings (SSSR count). The van der Waals surface area contributed by atoms with E-state index in [4.69, 9.17) is 16.3 Å². The van der Waals surface area contributed by atoms with Crippen molar-refractivity contribution in [2.75, 3.05) is 25.5 Å². The average Bonchev–Trinajstić information content (AvgIpc) is 2.47. The van der Waals surface area contributed by atoms with Crippen LogP contribution in [0.25, 0.3) is 0 Å². The van der Waals surface area contributed by atoms with Crippen LogP contribution in [0.2, 0.25) is 5.02 Å². The van der Waals surface area contributed by atoms with E-state index < -0.39 is 34.7 Å². The van der Waals surface area contributed by atoms with Gasteiger partial charge in [-0.05, 0) is 39.1 Å². The second kappa shape index (κ2) is 8.34. The van der Waals surface area contributed by atoms with Crippen molar-refractivity contribution in [1.29, 1.82) is 0 Å². The lowest BCUT2D eigenvalue weighted by Crippen LogP contribution is -2.41. The van der Waals surface area contributed by atoms with Crippen molar-refractivity contribution < 1.29 is 27.5 Å². The number of alkyl halides is 3. The molecule has 1 N–H and O–H groups in total. The van der Waals surface area contributed by atoms with Crippen molar-refractivity contribution in [3.63, 3.8) is 0 Å². The monoisotopic (exact) mass is 366 g/mol. The zero-order chi connectivity index (χ0) is 18.5. The summed E-state index contributed by atoms with van der Waals surface area (Å²) in [7, 11) is 1.53. The molecule has 0 heterocycles. The van der Waals surface area contributed by atoms with Crippen LogP contribution in [0.3, 0.4) is 0 Å². The number of esters is 1. The normalized spacial score (nSPS) is 12.8. The highest BCUT2D eigenvalue weighted by molar-refractivity contribution is 6.31. The molecule has 0 aliphatic rings. The van der Waals surface area contributed by atoms with Crippen molar-refractivity contribution in [3.05, 3.63) is 28.8 Å². The maximum atomic E-state index is 12.8. The van der Waals surface area contributed by atoms with Crippen LogP contribution in [0.1, 0.15) is 19.4 Å². The predicted octanol–water partition coefficient (Wildman–Crippen LogP) is 3.18. The van der Waals surface area contributed by atoms with Crippen LogP contribution in [-0.2, 0) is 20.5 Å². The molecular weight excluding hydrogens is 349 g/mol. The molecule has 0 saturated carbocycles. The Balaban J connectivity index is 2.73. The summed E-state index contributed by atoms with van der Waals surface area (Å²) in [5, 5.41) is 1.90. The summed E-state index contributed by atoms with van der Waals surface area (Å²) in [6.07, 6.45) is -4.62. The van der Waals surface area contributed by atoms with Crippen LogP contribution in [-0.4, -0.2) is 43.0 Å². The fourth-order valence-electron chi connectivity index (χ4n) is 1.83. The Labute approximate surface area is 142 Å². The van der Waals surface area contributed by atoms with E-state index in [2.05, 4.69) is 5.32 Å². The van der Waals surface area contributed by atoms with E-state index >= 15 is 0 Å². The maximum Gasteiger partial charge on any atom is 0.417 e. The minimum Gasteiger partial charge on any atom is -0.465 e. The summed E-state index contributed by atoms with van der Waals surface area (Å²) in [5.74, 6) is -1.05. The van der Waals surface area contributed by atoms with E-state index in [1.807, 2.05) is 0 Å². The number of nitrogens with zero attached hydrogens (tertiary/aromatic N) is 1. The first-order valence-corrected chi connectivity index (χ1v) is 7.47. The highest BCUT2D eigenvalue weighted by Crippen LogP contribution is 2.36. The van der Waals surface area contributed by atoms with Crippen LogP contribution in [0.4, 0.5) is 18.9 Å². The summed E-state index contributed by atoms with van der Waals surface area (Å²) in [5.41, 5.74) is -1.07. The number of likely N-dealkylation sites (N-methyl/N-ethyl adjacent to an activating group) is 1. The molecule has 134 valence electrons. The van der Waals surface area contributed by atoms with Gasteiger partial charge in [-0.1, -0.05) is 11.6 Å². The minimum atomic E-state index is -4.62. The van der Waals surface area contributed by atoms with Gasteiger partial charge in [0.05, 0.1) is 23.7 Å². The zero-order valence-corrected chi connectivity index (χ0v) is 14.2. The lowest BCUT2D eigenvalue weighted by Gasteiger charge is -2.22. The van der Waals surface area contributed by atoms with E-state index in [-0.39, 0.29) is 18.8 Å². The third kappa shape index (κ3) is 5.68. The first-order chi connectivity index (χ1) is 11.1. The number of carbonyl (C=O) groups is 2. The molecule has 5 nitrogen and oxygen atoms in total. The van der Waals surface area contributed by atoms with Gasteiger partial charge < -0.3 is 10.1 Å². The molecule has 1 aromatic carbocycles. The number of ether oxygens (including phenoxy) is 1. The van der Waals surface area contributed by atoms with Crippen molar-refractivity contribution in [3.8, 4) is 0 Å². The molecule has 0 aliphatic carbocycles. The van der Waals surface area contributed by atoms with Crippen LogP contribution >= 0.6 is 11.6 Å². The molecule has 24 heavy (non-hydrogen) atoms. The summed E-state index contributed by atoms with van der Waals surface area (Å²) in [4.78, 5) is 24.9. The average molecular weight is 367 g/mol. The number of anilines is 1. The fourth-order valence-corrected chi connectivity index (χ4v) is 2.05. The largest absolute Gasteiger partial charge is 0.465 e. The van der Waals surface area contributed by atoms with Crippen molar-refractivity contribution in [2.45, 2.75) is 26.1 Å². The number of hydrogen-bond donors (Lipinski definition) is 1. The van der Waals surface area contributed by atoms with Crippen molar-refractivity contribution >= 4 is 29.2 Å². The number of carbonyl (C=O) groups excluding carboxylic acids is 2. The van der Waals surface area contributed by atoms with Gasteiger partial charge in [0.15, 0.2) is 0 Å². The molecule has 1 aromatic rings. The molecule has 0 radical (unpaired) electrons. The lowest BCUT2D eigenvalue weighted by atomic mass is 10.2. The third-order valence-electron chi connectivity index (χ3n) is 3.24. The number of rotatable bonds is 6. The Morgan fingerprint density at radius 1 is 1.38 bits per heavy atom. The quantitative estimate of drug-likeness (QED) is 0.786. The van der Waals surface area contributed by atoms with Crippen LogP contribution in [0.15, 0.2) is 18.2 Å². The molecule has 9 heteroatoms. The van der Waals surface area contributed by atoms with Crippen molar-refractivity contribution in [2.24, 2.45) is 0 Å². The Hall–Kier alpha value is -1.80. The molecule has 0 spiro atoms. The second-order valence-corrected chi connectivity index (χ2v) is 5.49. The van der Waals surface area contributed by atoms with Crippen molar-refractivity contribution in [1.82, 2.24) is 4.90 Å². The third-order valence-corrected chi connectivity index (χ3v) is 3.57. The number of halogens is 4. The first kappa shape index (κ1) is 20.2. The maximum absolute atomic E-state index is 12.8. The van der Waals surface area contributed by atoms with E-state index in [1.165, 1.54) is 18.0 Å². The smallest absolute Gasteiger partial charge is 0.417 e. The highest BCUT2D eigenvalue weighted by Gasteiger charge is 2.33. The SMILES string of the molecule is CCOC(=O)C(C)N(C)CC(=O)Nc1ccc(Cl)c(C(F)(F)F)c1. The number of amides is 1. The topological polar surface area (TPSA) is 58.6 Å². The Morgan fingerprint density at radius 3 is 2.54 bits per heavy atom. The highest BCUT2D eigenvalue weighted by atomic mass is 35.5. The molecule has 1 atom stereocenters. The minimum absolute atomic E-state index is 0.0334. The van der Waals surface area contributed by atoms with Gasteiger partial charge in [0, 0.05) is 5.69 Å². The molecule has 1 amide bonds. The summed E-state index contributed by atoms with van der Waals surface area (Å²) in [6, 6.07) is 2.43. The van der Waals surface area contributed by atoms with Gasteiger partial charge in [0.1, 0.15) is 6.04 Å². The van der Waals surface area contributed by atoms with Gasteiger partial charge in [-0.25, -0.2) is 0 Å². The van der Waals surface area contributed by atoms with Gasteiger partial charge in [-0.15, -0.1) is 0 Å². The Bertz CT molecular complexity index is 608. The molecule has 0 aromatic heterocycles. The lowest BCUT2D eigenvalue weighted by molar-refractivity contribution is -0.148. The molecule has 0 saturated heterocycles. The summed E-state index contributed by atoms with van der Waals surface area (Å²) in [6.45, 7) is 3.25. The molecule has 0 aliphatic heterocycles. The Morgan fingerprint density at radius 2 is 2.00 bits per heavy atom. The molecule has 1 unspecified atom stereocenters. The predicted molar refractivity (Wildman–Crippen MR) is 83.8 cm³/mol. The molecule has 0 bridgehead atoms. The van der Waals surface area contributed by atoms with Gasteiger partial charge in [-0.3, -0.25) is 14.5 Å². The number of nitrogens with one attached hydrogen (secondary N) is 1. The van der Waals surface area contributed by atoms with Gasteiger partial charge in [0.2, 0.25) is 5.91 Å². The number of benzene rings is 1. The van der Waals surface area contributed by atoms with E-state index in [9.17, 15) is 22.8 Å². The standard InChI is InChI=1S/C15H18ClF3N2O3/c1-4-24-14(23)9(2)21(3)8-13(22)20-10-5-6-12(16)11(7-10)15(17,18)19/h5-7,9H,4,8H2,1-3H3,(H,20,22). The fraction of sp³-hybridized carbons (Fsp3) is 0.467. The van der Waals surface area contributed by atoms with Gasteiger partial charge in [0.25, 0.3) is 0 Å². The Kier molecular flexibility index (Phi) is 7.04. The van der Waals surface area contributed by atoms with E-state index in [0.717, 1.165) is 12.1 Å². The van der Waals surface area contributed by atoms with E-state index in [0.29, 0.717) is 0 Å². The number of hydrogen-bond acceptors (Lipinski definition) is 4. The van der Waals surface area contributed by atoms with Gasteiger partial charge >= 0.3 is 12.1 Å². The molecule has 0 fully saturated rings. The summed E-state index contributed by atoms with van der Waals surface area (Å²) < 4.78 is 43.2. The first-order valence-electron chi connectivity index (χ1n) is 7.09. The van der Waals surface area contributed by atoms with Crippen LogP contribution in [0.5, 0.6) is 0 Å². The summed E-state index contributed by atoms with van der Waals surface area (Å²) >= 11 is 5.52. The second-order valence-electron chi connectivity index (χ2n) is 5.08. The van der Waals surface area contributed by atoms with Crippen LogP contribution in [0, 0.1) is 0 Å². The van der Waals surface area contributed by atoms with Gasteiger partial charge in [-0.2, -0.15) is 13.2 Å². The zero-order valence-electron chi connectivity index (χ0n) is 13.4.